The summed E-state index contributed by atoms with van der Waals surface area (Å²) in [6.07, 6.45) is 8.11. The van der Waals surface area contributed by atoms with Crippen LogP contribution in [0.3, 0.4) is 0 Å². The average molecular weight is 474 g/mol. The van der Waals surface area contributed by atoms with Gasteiger partial charge in [0.1, 0.15) is 0 Å². The van der Waals surface area contributed by atoms with Gasteiger partial charge in [-0.25, -0.2) is 9.98 Å². The lowest BCUT2D eigenvalue weighted by Crippen LogP contribution is -2.47. The molecule has 6 nitrogen and oxygen atoms in total. The molecule has 7 heteroatoms. The number of aliphatic imine (C=N–C) groups is 1. The van der Waals surface area contributed by atoms with Gasteiger partial charge in [0, 0.05) is 18.3 Å². The first kappa shape index (κ1) is 21.2. The molecule has 0 spiro atoms. The maximum Gasteiger partial charge on any atom is 0.218 e. The molecule has 2 saturated heterocycles. The first-order chi connectivity index (χ1) is 12.3. The van der Waals surface area contributed by atoms with Crippen molar-refractivity contribution < 1.29 is 9.47 Å². The summed E-state index contributed by atoms with van der Waals surface area (Å²) in [5.74, 6) is 1.53. The molecule has 0 saturated carbocycles. The van der Waals surface area contributed by atoms with Crippen LogP contribution in [0.25, 0.3) is 0 Å². The molecule has 3 unspecified atom stereocenters. The van der Waals surface area contributed by atoms with Crippen molar-refractivity contribution in [3.8, 4) is 5.88 Å². The summed E-state index contributed by atoms with van der Waals surface area (Å²) in [5, 5.41) is 6.88. The van der Waals surface area contributed by atoms with E-state index in [1.807, 2.05) is 12.1 Å². The largest absolute Gasteiger partial charge is 0.477 e. The molecule has 26 heavy (non-hydrogen) atoms. The minimum absolute atomic E-state index is 0. The third kappa shape index (κ3) is 5.70. The minimum atomic E-state index is 0. The van der Waals surface area contributed by atoms with Gasteiger partial charge >= 0.3 is 0 Å². The fourth-order valence-electron chi connectivity index (χ4n) is 3.44. The normalized spacial score (nSPS) is 24.2. The highest BCUT2D eigenvalue weighted by Crippen LogP contribution is 2.34. The van der Waals surface area contributed by atoms with Gasteiger partial charge in [-0.1, -0.05) is 19.4 Å². The van der Waals surface area contributed by atoms with Crippen LogP contribution >= 0.6 is 24.0 Å². The summed E-state index contributed by atoms with van der Waals surface area (Å²) in [6.45, 7) is 6.32. The fourth-order valence-corrected chi connectivity index (χ4v) is 3.44. The molecule has 0 amide bonds. The van der Waals surface area contributed by atoms with Crippen LogP contribution in [0.1, 0.15) is 51.5 Å². The van der Waals surface area contributed by atoms with Crippen molar-refractivity contribution >= 4 is 29.9 Å². The van der Waals surface area contributed by atoms with Gasteiger partial charge in [-0.15, -0.1) is 24.0 Å². The Morgan fingerprint density at radius 1 is 1.38 bits per heavy atom. The van der Waals surface area contributed by atoms with Crippen molar-refractivity contribution in [2.24, 2.45) is 4.99 Å². The van der Waals surface area contributed by atoms with E-state index in [-0.39, 0.29) is 24.0 Å². The molecule has 1 aromatic rings. The van der Waals surface area contributed by atoms with Gasteiger partial charge in [-0.3, -0.25) is 0 Å². The molecule has 3 heterocycles. The van der Waals surface area contributed by atoms with E-state index in [1.165, 1.54) is 6.42 Å². The van der Waals surface area contributed by atoms with Crippen molar-refractivity contribution in [2.75, 3.05) is 13.2 Å². The summed E-state index contributed by atoms with van der Waals surface area (Å²) >= 11 is 0. The van der Waals surface area contributed by atoms with E-state index in [0.717, 1.165) is 43.8 Å². The lowest BCUT2D eigenvalue weighted by molar-refractivity contribution is 0.0992. The fraction of sp³-hybridized carbons (Fsp3) is 0.684. The number of unbranched alkanes of at least 4 members (excludes halogenated alkanes) is 1. The molecule has 3 rings (SSSR count). The Morgan fingerprint density at radius 2 is 2.27 bits per heavy atom. The number of rotatable bonds is 8. The summed E-state index contributed by atoms with van der Waals surface area (Å²) in [7, 11) is 0. The van der Waals surface area contributed by atoms with Gasteiger partial charge in [0.15, 0.2) is 5.96 Å². The second-order valence-corrected chi connectivity index (χ2v) is 6.73. The summed E-state index contributed by atoms with van der Waals surface area (Å²) in [4.78, 5) is 9.10. The number of fused-ring (bicyclic) bond motifs is 2. The average Bonchev–Trinajstić information content (AvgIpc) is 3.24. The van der Waals surface area contributed by atoms with Crippen molar-refractivity contribution in [3.63, 3.8) is 0 Å². The quantitative estimate of drug-likeness (QED) is 0.262. The van der Waals surface area contributed by atoms with E-state index in [0.29, 0.717) is 37.3 Å². The van der Waals surface area contributed by atoms with E-state index in [4.69, 9.17) is 14.5 Å². The molecule has 0 radical (unpaired) electrons. The van der Waals surface area contributed by atoms with Crippen LogP contribution in [-0.4, -0.2) is 42.3 Å². The standard InChI is InChI=1S/C19H30N4O2.HI/c1-3-5-11-24-18-14(7-6-10-21-18)13-22-19(20-4-2)23-16-12-15-8-9-17(16)25-15;/h6-7,10,15-17H,3-5,8-9,11-13H2,1-2H3,(H2,20,22,23);1H. The maximum absolute atomic E-state index is 5.93. The number of guanidine groups is 1. The van der Waals surface area contributed by atoms with Crippen molar-refractivity contribution in [1.82, 2.24) is 15.6 Å². The zero-order valence-electron chi connectivity index (χ0n) is 15.7. The number of hydrogen-bond acceptors (Lipinski definition) is 4. The minimum Gasteiger partial charge on any atom is -0.477 e. The topological polar surface area (TPSA) is 67.8 Å². The van der Waals surface area contributed by atoms with Gasteiger partial charge in [0.25, 0.3) is 0 Å². The van der Waals surface area contributed by atoms with Crippen LogP contribution in [0.15, 0.2) is 23.3 Å². The summed E-state index contributed by atoms with van der Waals surface area (Å²) in [6, 6.07) is 4.33. The van der Waals surface area contributed by atoms with Crippen LogP contribution in [0, 0.1) is 0 Å². The third-order valence-electron chi connectivity index (χ3n) is 4.77. The Bertz CT molecular complexity index is 584. The molecule has 2 aliphatic heterocycles. The Balaban J connectivity index is 0.00000243. The van der Waals surface area contributed by atoms with E-state index in [2.05, 4.69) is 29.5 Å². The molecule has 2 bridgehead atoms. The number of nitrogens with one attached hydrogen (secondary N) is 2. The van der Waals surface area contributed by atoms with Gasteiger partial charge in [-0.05, 0) is 38.7 Å². The van der Waals surface area contributed by atoms with Crippen molar-refractivity contribution in [2.45, 2.75) is 70.7 Å². The molecular weight excluding hydrogens is 443 g/mol. The number of ether oxygens (including phenoxy) is 2. The number of pyridine rings is 1. The molecule has 2 aliphatic rings. The van der Waals surface area contributed by atoms with Crippen LogP contribution in [0.4, 0.5) is 0 Å². The predicted molar refractivity (Wildman–Crippen MR) is 114 cm³/mol. The van der Waals surface area contributed by atoms with Gasteiger partial charge in [0.2, 0.25) is 5.88 Å². The molecule has 2 fully saturated rings. The highest BCUT2D eigenvalue weighted by molar-refractivity contribution is 14.0. The van der Waals surface area contributed by atoms with Gasteiger partial charge in [0.05, 0.1) is 31.4 Å². The second kappa shape index (κ2) is 10.9. The molecule has 0 aromatic carbocycles. The van der Waals surface area contributed by atoms with E-state index in [9.17, 15) is 0 Å². The van der Waals surface area contributed by atoms with Crippen LogP contribution in [-0.2, 0) is 11.3 Å². The van der Waals surface area contributed by atoms with Crippen LogP contribution in [0.5, 0.6) is 5.88 Å². The number of hydrogen-bond donors (Lipinski definition) is 2. The maximum atomic E-state index is 5.93. The number of aromatic nitrogens is 1. The number of halogens is 1. The SMILES string of the molecule is CCCCOc1ncccc1CN=C(NCC)NC1CC2CCC1O2.I. The zero-order chi connectivity index (χ0) is 17.5. The highest BCUT2D eigenvalue weighted by Gasteiger charge is 2.41. The van der Waals surface area contributed by atoms with Gasteiger partial charge in [-0.2, -0.15) is 0 Å². The Hall–Kier alpha value is -1.09. The predicted octanol–water partition coefficient (Wildman–Crippen LogP) is 3.25. The summed E-state index contributed by atoms with van der Waals surface area (Å²) in [5.41, 5.74) is 1.01. The second-order valence-electron chi connectivity index (χ2n) is 6.73. The zero-order valence-corrected chi connectivity index (χ0v) is 18.1. The first-order valence-corrected chi connectivity index (χ1v) is 9.57. The van der Waals surface area contributed by atoms with Crippen molar-refractivity contribution in [1.29, 1.82) is 0 Å². The van der Waals surface area contributed by atoms with E-state index in [1.54, 1.807) is 6.20 Å². The molecule has 2 N–H and O–H groups in total. The lowest BCUT2D eigenvalue weighted by Gasteiger charge is -2.22. The molecule has 3 atom stereocenters. The Labute approximate surface area is 173 Å². The molecule has 146 valence electrons. The first-order valence-electron chi connectivity index (χ1n) is 9.57. The third-order valence-corrected chi connectivity index (χ3v) is 4.77. The van der Waals surface area contributed by atoms with E-state index < -0.39 is 0 Å². The Morgan fingerprint density at radius 3 is 2.96 bits per heavy atom. The van der Waals surface area contributed by atoms with Crippen LogP contribution in [0.2, 0.25) is 0 Å². The molecule has 1 aromatic heterocycles. The van der Waals surface area contributed by atoms with Crippen LogP contribution < -0.4 is 15.4 Å². The number of nitrogens with zero attached hydrogens (tertiary/aromatic N) is 2. The molecular formula is C19H31IN4O2. The Kier molecular flexibility index (Phi) is 8.90. The lowest BCUT2D eigenvalue weighted by atomic mass is 9.96. The molecule has 0 aliphatic carbocycles. The van der Waals surface area contributed by atoms with Crippen molar-refractivity contribution in [3.05, 3.63) is 23.9 Å². The highest BCUT2D eigenvalue weighted by atomic mass is 127. The smallest absolute Gasteiger partial charge is 0.218 e. The monoisotopic (exact) mass is 474 g/mol. The summed E-state index contributed by atoms with van der Waals surface area (Å²) < 4.78 is 11.7. The van der Waals surface area contributed by atoms with E-state index >= 15 is 0 Å². The van der Waals surface area contributed by atoms with Gasteiger partial charge < -0.3 is 20.1 Å².